The molecule has 0 spiro atoms. The number of aryl methyl sites for hydroxylation is 1. The van der Waals surface area contributed by atoms with E-state index >= 15 is 0 Å². The molecule has 1 N–H and O–H groups in total. The van der Waals surface area contributed by atoms with Crippen LogP contribution in [0.2, 0.25) is 0 Å². The molecule has 0 bridgehead atoms. The highest BCUT2D eigenvalue weighted by Gasteiger charge is 2.18. The van der Waals surface area contributed by atoms with Gasteiger partial charge < -0.3 is 26.7 Å². The lowest BCUT2D eigenvalue weighted by atomic mass is 10.1. The number of fused-ring (bicyclic) bond motifs is 2. The van der Waals surface area contributed by atoms with Crippen molar-refractivity contribution in [1.82, 2.24) is 0 Å². The van der Waals surface area contributed by atoms with Crippen LogP contribution < -0.4 is 22.6 Å². The van der Waals surface area contributed by atoms with Crippen molar-refractivity contribution in [2.75, 3.05) is 34.3 Å². The van der Waals surface area contributed by atoms with Crippen LogP contribution in [0.3, 0.4) is 0 Å². The number of hydrogen-bond donors (Lipinski definition) is 1. The second-order valence-electron chi connectivity index (χ2n) is 7.45. The molecule has 26 heavy (non-hydrogen) atoms. The van der Waals surface area contributed by atoms with Crippen LogP contribution >= 0.6 is 11.3 Å². The summed E-state index contributed by atoms with van der Waals surface area (Å²) in [6.07, 6.45) is -0.562. The summed E-state index contributed by atoms with van der Waals surface area (Å²) in [6, 6.07) is 11.4. The standard InChI is InChI=1S/C20H24NO3S.ClH/c1-13-9-10-16(24-12-14(22)11-21(2,3)4)20-18(13)19(23)15-7-5-6-8-17(15)25-20;/h5-10,14,22H,11-12H2,1-4H3;1H/q+1;/p-1. The Hall–Kier alpha value is -1.66. The summed E-state index contributed by atoms with van der Waals surface area (Å²) in [7, 11) is 6.09. The van der Waals surface area contributed by atoms with E-state index in [-0.39, 0.29) is 24.4 Å². The van der Waals surface area contributed by atoms with Crippen molar-refractivity contribution in [2.45, 2.75) is 13.0 Å². The molecule has 1 atom stereocenters. The van der Waals surface area contributed by atoms with E-state index in [1.54, 1.807) is 11.3 Å². The molecule has 0 radical (unpaired) electrons. The first-order valence-electron chi connectivity index (χ1n) is 8.33. The predicted octanol–water partition coefficient (Wildman–Crippen LogP) is 0.173. The van der Waals surface area contributed by atoms with Gasteiger partial charge in [-0.2, -0.15) is 0 Å². The number of quaternary nitrogens is 1. The number of likely N-dealkylation sites (N-methyl/N-ethyl adjacent to an activating group) is 1. The van der Waals surface area contributed by atoms with Crippen LogP contribution in [-0.4, -0.2) is 50.0 Å². The van der Waals surface area contributed by atoms with Crippen molar-refractivity contribution < 1.29 is 26.7 Å². The third kappa shape index (κ3) is 4.35. The fourth-order valence-corrected chi connectivity index (χ4v) is 4.24. The normalized spacial score (nSPS) is 12.8. The Labute approximate surface area is 163 Å². The fraction of sp³-hybridized carbons (Fsp3) is 0.350. The van der Waals surface area contributed by atoms with E-state index in [4.69, 9.17) is 4.74 Å². The Morgan fingerprint density at radius 1 is 1.15 bits per heavy atom. The molecule has 3 aromatic rings. The summed E-state index contributed by atoms with van der Waals surface area (Å²) in [5.74, 6) is 0.661. The highest BCUT2D eigenvalue weighted by atomic mass is 35.5. The molecular weight excluding hydrogens is 370 g/mol. The number of hydrogen-bond acceptors (Lipinski definition) is 4. The van der Waals surface area contributed by atoms with Gasteiger partial charge in [0.15, 0.2) is 5.43 Å². The predicted molar refractivity (Wildman–Crippen MR) is 105 cm³/mol. The van der Waals surface area contributed by atoms with Gasteiger partial charge in [-0.1, -0.05) is 18.2 Å². The largest absolute Gasteiger partial charge is 1.00 e. The Balaban J connectivity index is 0.00000243. The first-order chi connectivity index (χ1) is 11.8. The van der Waals surface area contributed by atoms with E-state index in [0.717, 1.165) is 20.3 Å². The summed E-state index contributed by atoms with van der Waals surface area (Å²) < 4.78 is 8.36. The Kier molecular flexibility index (Phi) is 6.29. The molecular formula is C20H24ClNO3S. The third-order valence-electron chi connectivity index (χ3n) is 4.09. The third-order valence-corrected chi connectivity index (χ3v) is 5.28. The van der Waals surface area contributed by atoms with Crippen molar-refractivity contribution >= 4 is 31.5 Å². The first kappa shape index (κ1) is 20.6. The molecule has 0 aliphatic carbocycles. The molecule has 0 saturated carbocycles. The van der Waals surface area contributed by atoms with Gasteiger partial charge in [-0.15, -0.1) is 11.3 Å². The van der Waals surface area contributed by atoms with Crippen molar-refractivity contribution in [3.05, 3.63) is 52.2 Å². The SMILES string of the molecule is Cc1ccc(OCC(O)C[N+](C)(C)C)c2sc3ccccc3c(=O)c12.[Cl-]. The minimum atomic E-state index is -0.562. The molecule has 0 amide bonds. The topological polar surface area (TPSA) is 46.5 Å². The quantitative estimate of drug-likeness (QED) is 0.496. The maximum Gasteiger partial charge on any atom is 0.196 e. The average molecular weight is 394 g/mol. The number of rotatable bonds is 5. The summed E-state index contributed by atoms with van der Waals surface area (Å²) >= 11 is 1.56. The van der Waals surface area contributed by atoms with Crippen molar-refractivity contribution in [1.29, 1.82) is 0 Å². The zero-order valence-corrected chi connectivity index (χ0v) is 17.0. The minimum Gasteiger partial charge on any atom is -1.00 e. The molecule has 0 aliphatic rings. The van der Waals surface area contributed by atoms with E-state index in [0.29, 0.717) is 22.2 Å². The van der Waals surface area contributed by atoms with Crippen LogP contribution in [0, 0.1) is 6.92 Å². The highest BCUT2D eigenvalue weighted by Crippen LogP contribution is 2.33. The number of aliphatic hydroxyl groups is 1. The Morgan fingerprint density at radius 2 is 1.85 bits per heavy atom. The molecule has 1 aromatic heterocycles. The Bertz CT molecular complexity index is 978. The molecule has 1 unspecified atom stereocenters. The molecule has 0 fully saturated rings. The average Bonchev–Trinajstić information content (AvgIpc) is 2.52. The van der Waals surface area contributed by atoms with Gasteiger partial charge in [-0.05, 0) is 30.7 Å². The Morgan fingerprint density at radius 3 is 2.54 bits per heavy atom. The number of benzene rings is 2. The van der Waals surface area contributed by atoms with Crippen LogP contribution in [0.4, 0.5) is 0 Å². The maximum atomic E-state index is 12.9. The number of aliphatic hydroxyl groups excluding tert-OH is 1. The lowest BCUT2D eigenvalue weighted by molar-refractivity contribution is -0.873. The van der Waals surface area contributed by atoms with Gasteiger partial charge in [0, 0.05) is 15.5 Å². The number of nitrogens with zero attached hydrogens (tertiary/aromatic N) is 1. The summed E-state index contributed by atoms with van der Waals surface area (Å²) in [4.78, 5) is 12.9. The van der Waals surface area contributed by atoms with E-state index in [9.17, 15) is 9.90 Å². The van der Waals surface area contributed by atoms with Gasteiger partial charge in [0.05, 0.1) is 25.8 Å². The smallest absolute Gasteiger partial charge is 0.196 e. The van der Waals surface area contributed by atoms with Crippen molar-refractivity contribution in [3.8, 4) is 5.75 Å². The van der Waals surface area contributed by atoms with Gasteiger partial charge in [0.1, 0.15) is 25.0 Å². The van der Waals surface area contributed by atoms with Crippen LogP contribution in [-0.2, 0) is 0 Å². The lowest BCUT2D eigenvalue weighted by Crippen LogP contribution is -3.00. The van der Waals surface area contributed by atoms with Gasteiger partial charge in [-0.25, -0.2) is 0 Å². The molecule has 0 aliphatic heterocycles. The highest BCUT2D eigenvalue weighted by molar-refractivity contribution is 7.24. The molecule has 0 saturated heterocycles. The molecule has 140 valence electrons. The fourth-order valence-electron chi connectivity index (χ4n) is 3.02. The number of halogens is 1. The molecule has 2 aromatic carbocycles. The number of ether oxygens (including phenoxy) is 1. The summed E-state index contributed by atoms with van der Waals surface area (Å²) in [5.41, 5.74) is 0.987. The van der Waals surface area contributed by atoms with Crippen molar-refractivity contribution in [2.24, 2.45) is 0 Å². The summed E-state index contributed by atoms with van der Waals surface area (Å²) in [6.45, 7) is 2.76. The maximum absolute atomic E-state index is 12.9. The monoisotopic (exact) mass is 393 g/mol. The van der Waals surface area contributed by atoms with E-state index in [2.05, 4.69) is 0 Å². The molecule has 6 heteroatoms. The molecule has 4 nitrogen and oxygen atoms in total. The molecule has 1 heterocycles. The van der Waals surface area contributed by atoms with Crippen LogP contribution in [0.5, 0.6) is 5.75 Å². The van der Waals surface area contributed by atoms with Gasteiger partial charge >= 0.3 is 0 Å². The minimum absolute atomic E-state index is 0. The van der Waals surface area contributed by atoms with E-state index < -0.39 is 6.10 Å². The van der Waals surface area contributed by atoms with Crippen LogP contribution in [0.1, 0.15) is 5.56 Å². The van der Waals surface area contributed by atoms with E-state index in [1.807, 2.05) is 64.5 Å². The van der Waals surface area contributed by atoms with Crippen LogP contribution in [0.25, 0.3) is 20.2 Å². The van der Waals surface area contributed by atoms with Crippen molar-refractivity contribution in [3.63, 3.8) is 0 Å². The summed E-state index contributed by atoms with van der Waals surface area (Å²) in [5, 5.41) is 11.7. The van der Waals surface area contributed by atoms with Gasteiger partial charge in [0.25, 0.3) is 0 Å². The second kappa shape index (κ2) is 7.92. The zero-order chi connectivity index (χ0) is 18.2. The zero-order valence-electron chi connectivity index (χ0n) is 15.5. The first-order valence-corrected chi connectivity index (χ1v) is 9.14. The van der Waals surface area contributed by atoms with Gasteiger partial charge in [-0.3, -0.25) is 4.79 Å². The lowest BCUT2D eigenvalue weighted by Gasteiger charge is -2.26. The molecule has 3 rings (SSSR count). The van der Waals surface area contributed by atoms with E-state index in [1.165, 1.54) is 0 Å². The second-order valence-corrected chi connectivity index (χ2v) is 8.50. The van der Waals surface area contributed by atoms with Gasteiger partial charge in [0.2, 0.25) is 0 Å². The van der Waals surface area contributed by atoms with Crippen LogP contribution in [0.15, 0.2) is 41.2 Å².